The van der Waals surface area contributed by atoms with Gasteiger partial charge in [-0.3, -0.25) is 4.79 Å². The number of nitrogens with one attached hydrogen (secondary N) is 1. The molecule has 0 atom stereocenters. The van der Waals surface area contributed by atoms with Crippen LogP contribution in [0.2, 0.25) is 0 Å². The Hall–Kier alpha value is -4.39. The first-order valence-corrected chi connectivity index (χ1v) is 9.82. The largest absolute Gasteiger partial charge is 0.493 e. The molecule has 1 aromatic heterocycles. The number of carbonyl (C=O) groups is 2. The summed E-state index contributed by atoms with van der Waals surface area (Å²) in [6.45, 7) is 1.94. The van der Waals surface area contributed by atoms with Gasteiger partial charge in [-0.1, -0.05) is 35.9 Å². The molecular formula is C25H20N2O5. The van der Waals surface area contributed by atoms with E-state index in [1.54, 1.807) is 42.5 Å². The number of methoxy groups -OCH3 is 1. The molecule has 1 N–H and O–H groups in total. The fourth-order valence-electron chi connectivity index (χ4n) is 3.01. The summed E-state index contributed by atoms with van der Waals surface area (Å²) in [6.07, 6.45) is 1.45. The minimum atomic E-state index is -0.484. The van der Waals surface area contributed by atoms with E-state index < -0.39 is 11.9 Å². The van der Waals surface area contributed by atoms with E-state index in [0.29, 0.717) is 22.5 Å². The van der Waals surface area contributed by atoms with Crippen molar-refractivity contribution in [1.82, 2.24) is 5.43 Å². The van der Waals surface area contributed by atoms with Crippen molar-refractivity contribution in [3.8, 4) is 11.5 Å². The smallest absolute Gasteiger partial charge is 0.343 e. The molecule has 3 aromatic carbocycles. The van der Waals surface area contributed by atoms with Crippen LogP contribution in [-0.2, 0) is 0 Å². The standard InChI is InChI=1S/C25H20N2O5/c1-16-7-10-18(11-8-16)25(29)32-21-12-9-17(13-22(21)30-2)15-26-27-24(28)23-14-19-5-3-4-6-20(19)31-23/h3-15H,1-2H3,(H,27,28). The number of aryl methyl sites for hydroxylation is 1. The maximum Gasteiger partial charge on any atom is 0.343 e. The normalized spacial score (nSPS) is 10.9. The van der Waals surface area contributed by atoms with Gasteiger partial charge in [0.15, 0.2) is 17.3 Å². The van der Waals surface area contributed by atoms with Crippen LogP contribution in [0.4, 0.5) is 0 Å². The number of amides is 1. The molecule has 4 aromatic rings. The number of ether oxygens (including phenoxy) is 2. The highest BCUT2D eigenvalue weighted by Crippen LogP contribution is 2.28. The summed E-state index contributed by atoms with van der Waals surface area (Å²) >= 11 is 0. The Balaban J connectivity index is 1.42. The van der Waals surface area contributed by atoms with E-state index in [1.165, 1.54) is 13.3 Å². The van der Waals surface area contributed by atoms with Gasteiger partial charge in [0.1, 0.15) is 5.58 Å². The van der Waals surface area contributed by atoms with Crippen molar-refractivity contribution in [1.29, 1.82) is 0 Å². The summed E-state index contributed by atoms with van der Waals surface area (Å²) in [5.41, 5.74) is 5.19. The summed E-state index contributed by atoms with van der Waals surface area (Å²) in [5.74, 6) is -0.144. The third kappa shape index (κ3) is 4.67. The number of carbonyl (C=O) groups excluding carboxylic acids is 2. The maximum atomic E-state index is 12.4. The Morgan fingerprint density at radius 3 is 2.50 bits per heavy atom. The van der Waals surface area contributed by atoms with E-state index in [4.69, 9.17) is 13.9 Å². The number of esters is 1. The Bertz CT molecular complexity index is 1270. The van der Waals surface area contributed by atoms with Crippen LogP contribution in [-0.4, -0.2) is 25.2 Å². The minimum absolute atomic E-state index is 0.166. The van der Waals surface area contributed by atoms with Crippen LogP contribution in [0.25, 0.3) is 11.0 Å². The zero-order valence-corrected chi connectivity index (χ0v) is 17.5. The lowest BCUT2D eigenvalue weighted by atomic mass is 10.1. The lowest BCUT2D eigenvalue weighted by Crippen LogP contribution is -2.16. The van der Waals surface area contributed by atoms with Crippen molar-refractivity contribution >= 4 is 29.1 Å². The highest BCUT2D eigenvalue weighted by atomic mass is 16.6. The number of furan rings is 1. The number of fused-ring (bicyclic) bond motifs is 1. The van der Waals surface area contributed by atoms with Crippen LogP contribution in [0.3, 0.4) is 0 Å². The molecule has 0 aliphatic carbocycles. The first kappa shape index (κ1) is 20.9. The van der Waals surface area contributed by atoms with E-state index in [0.717, 1.165) is 10.9 Å². The maximum absolute atomic E-state index is 12.4. The van der Waals surface area contributed by atoms with E-state index in [2.05, 4.69) is 10.5 Å². The van der Waals surface area contributed by atoms with Gasteiger partial charge in [-0.05, 0) is 55.0 Å². The second kappa shape index (κ2) is 9.18. The van der Waals surface area contributed by atoms with Crippen molar-refractivity contribution in [3.63, 3.8) is 0 Å². The monoisotopic (exact) mass is 428 g/mol. The van der Waals surface area contributed by atoms with Crippen LogP contribution < -0.4 is 14.9 Å². The van der Waals surface area contributed by atoms with Gasteiger partial charge in [-0.25, -0.2) is 10.2 Å². The third-order valence-corrected chi connectivity index (χ3v) is 4.71. The van der Waals surface area contributed by atoms with E-state index in [1.807, 2.05) is 37.3 Å². The lowest BCUT2D eigenvalue weighted by Gasteiger charge is -2.10. The fourth-order valence-corrected chi connectivity index (χ4v) is 3.01. The molecule has 0 aliphatic rings. The lowest BCUT2D eigenvalue weighted by molar-refractivity contribution is 0.0729. The summed E-state index contributed by atoms with van der Waals surface area (Å²) in [4.78, 5) is 24.6. The Labute approximate surface area is 184 Å². The second-order valence-corrected chi connectivity index (χ2v) is 7.01. The summed E-state index contributed by atoms with van der Waals surface area (Å²) in [6, 6.07) is 21.0. The Kier molecular flexibility index (Phi) is 5.98. The van der Waals surface area contributed by atoms with E-state index in [-0.39, 0.29) is 11.5 Å². The number of benzene rings is 3. The zero-order valence-electron chi connectivity index (χ0n) is 17.5. The van der Waals surface area contributed by atoms with Gasteiger partial charge < -0.3 is 13.9 Å². The molecular weight excluding hydrogens is 408 g/mol. The van der Waals surface area contributed by atoms with Gasteiger partial charge in [0.05, 0.1) is 18.9 Å². The molecule has 4 rings (SSSR count). The van der Waals surface area contributed by atoms with Crippen molar-refractivity contribution in [2.45, 2.75) is 6.92 Å². The average Bonchev–Trinajstić information content (AvgIpc) is 3.25. The van der Waals surface area contributed by atoms with Crippen LogP contribution in [0.5, 0.6) is 11.5 Å². The summed E-state index contributed by atoms with van der Waals surface area (Å²) < 4.78 is 16.3. The number of rotatable bonds is 6. The summed E-state index contributed by atoms with van der Waals surface area (Å²) in [5, 5.41) is 4.80. The van der Waals surface area contributed by atoms with Gasteiger partial charge >= 0.3 is 11.9 Å². The molecule has 0 saturated heterocycles. The number of nitrogens with zero attached hydrogens (tertiary/aromatic N) is 1. The molecule has 0 radical (unpaired) electrons. The molecule has 1 amide bonds. The van der Waals surface area contributed by atoms with Crippen LogP contribution in [0, 0.1) is 6.92 Å². The predicted molar refractivity (Wildman–Crippen MR) is 120 cm³/mol. The van der Waals surface area contributed by atoms with Gasteiger partial charge in [-0.2, -0.15) is 5.10 Å². The average molecular weight is 428 g/mol. The molecule has 7 nitrogen and oxygen atoms in total. The predicted octanol–water partition coefficient (Wildman–Crippen LogP) is 4.73. The fraction of sp³-hybridized carbons (Fsp3) is 0.0800. The number of hydrazone groups is 1. The van der Waals surface area contributed by atoms with E-state index >= 15 is 0 Å². The molecule has 1 heterocycles. The number of hydrogen-bond acceptors (Lipinski definition) is 6. The molecule has 7 heteroatoms. The van der Waals surface area contributed by atoms with Crippen LogP contribution >= 0.6 is 0 Å². The third-order valence-electron chi connectivity index (χ3n) is 4.71. The summed E-state index contributed by atoms with van der Waals surface area (Å²) in [7, 11) is 1.48. The molecule has 0 bridgehead atoms. The molecule has 0 fully saturated rings. The van der Waals surface area contributed by atoms with Crippen molar-refractivity contribution in [2.24, 2.45) is 5.10 Å². The molecule has 0 unspecified atom stereocenters. The van der Waals surface area contributed by atoms with Crippen LogP contribution in [0.1, 0.15) is 32.0 Å². The first-order chi connectivity index (χ1) is 15.5. The number of para-hydroxylation sites is 1. The van der Waals surface area contributed by atoms with E-state index in [9.17, 15) is 9.59 Å². The second-order valence-electron chi connectivity index (χ2n) is 7.01. The van der Waals surface area contributed by atoms with Gasteiger partial charge in [0.2, 0.25) is 0 Å². The molecule has 32 heavy (non-hydrogen) atoms. The molecule has 0 spiro atoms. The minimum Gasteiger partial charge on any atom is -0.493 e. The molecule has 160 valence electrons. The zero-order chi connectivity index (χ0) is 22.5. The van der Waals surface area contributed by atoms with Crippen LogP contribution in [0.15, 0.2) is 82.3 Å². The Morgan fingerprint density at radius 2 is 1.75 bits per heavy atom. The van der Waals surface area contributed by atoms with Crippen molar-refractivity contribution < 1.29 is 23.5 Å². The molecule has 0 aliphatic heterocycles. The van der Waals surface area contributed by atoms with Crippen molar-refractivity contribution in [2.75, 3.05) is 7.11 Å². The van der Waals surface area contributed by atoms with Gasteiger partial charge in [0.25, 0.3) is 0 Å². The quantitative estimate of drug-likeness (QED) is 0.207. The Morgan fingerprint density at radius 1 is 0.969 bits per heavy atom. The first-order valence-electron chi connectivity index (χ1n) is 9.82. The van der Waals surface area contributed by atoms with Crippen molar-refractivity contribution in [3.05, 3.63) is 95.2 Å². The highest BCUT2D eigenvalue weighted by molar-refractivity contribution is 5.96. The number of hydrogen-bond donors (Lipinski definition) is 1. The molecule has 0 saturated carbocycles. The van der Waals surface area contributed by atoms with Gasteiger partial charge in [0, 0.05) is 5.39 Å². The SMILES string of the molecule is COc1cc(C=NNC(=O)c2cc3ccccc3o2)ccc1OC(=O)c1ccc(C)cc1. The highest BCUT2D eigenvalue weighted by Gasteiger charge is 2.13. The topological polar surface area (TPSA) is 90.1 Å². The van der Waals surface area contributed by atoms with Gasteiger partial charge in [-0.15, -0.1) is 0 Å².